The number of aryl methyl sites for hydroxylation is 2. The maximum absolute atomic E-state index is 12.5. The van der Waals surface area contributed by atoms with Crippen LogP contribution in [0.1, 0.15) is 29.9 Å². The molecule has 2 rings (SSSR count). The number of hydrogen-bond donors (Lipinski definition) is 2. The van der Waals surface area contributed by atoms with E-state index < -0.39 is 10.0 Å². The number of likely N-dealkylation sites (tertiary alicyclic amines) is 1. The number of piperidine rings is 1. The van der Waals surface area contributed by atoms with Gasteiger partial charge in [0.2, 0.25) is 10.0 Å². The van der Waals surface area contributed by atoms with E-state index in [0.29, 0.717) is 29.5 Å². The maximum atomic E-state index is 12.5. The predicted octanol–water partition coefficient (Wildman–Crippen LogP) is 0.975. The Morgan fingerprint density at radius 2 is 2.10 bits per heavy atom. The highest BCUT2D eigenvalue weighted by Gasteiger charge is 2.27. The third kappa shape index (κ3) is 3.66. The molecule has 1 fully saturated rings. The lowest BCUT2D eigenvalue weighted by molar-refractivity contribution is 0.211. The summed E-state index contributed by atoms with van der Waals surface area (Å²) in [6, 6.07) is 0. The van der Waals surface area contributed by atoms with Gasteiger partial charge in [-0.25, -0.2) is 13.1 Å². The van der Waals surface area contributed by atoms with Crippen molar-refractivity contribution in [2.45, 2.75) is 38.1 Å². The molecular formula is C14H25N3O3S. The zero-order valence-corrected chi connectivity index (χ0v) is 13.8. The summed E-state index contributed by atoms with van der Waals surface area (Å²) in [7, 11) is -1.51. The molecule has 1 aromatic rings. The summed E-state index contributed by atoms with van der Waals surface area (Å²) in [6.45, 7) is 6.03. The summed E-state index contributed by atoms with van der Waals surface area (Å²) in [5, 5.41) is 0. The standard InChI is InChI=1S/C14H25N3O3S/c1-10-13(7-15)14(11(2)20-10)21(18,19)16-8-12-5-4-6-17(3)9-12/h12,16H,4-9,15H2,1-3H3. The largest absolute Gasteiger partial charge is 0.465 e. The van der Waals surface area contributed by atoms with E-state index in [4.69, 9.17) is 10.2 Å². The van der Waals surface area contributed by atoms with Crippen LogP contribution in [0.25, 0.3) is 0 Å². The second kappa shape index (κ2) is 6.48. The molecule has 1 atom stereocenters. The van der Waals surface area contributed by atoms with Gasteiger partial charge in [0, 0.05) is 25.2 Å². The average molecular weight is 315 g/mol. The van der Waals surface area contributed by atoms with Crippen molar-refractivity contribution < 1.29 is 12.8 Å². The third-order valence-electron chi connectivity index (χ3n) is 4.08. The van der Waals surface area contributed by atoms with E-state index in [1.807, 2.05) is 0 Å². The minimum absolute atomic E-state index is 0.158. The molecule has 1 aromatic heterocycles. The van der Waals surface area contributed by atoms with Crippen molar-refractivity contribution in [3.05, 3.63) is 17.1 Å². The first-order valence-electron chi connectivity index (χ1n) is 7.32. The number of furan rings is 1. The van der Waals surface area contributed by atoms with E-state index >= 15 is 0 Å². The summed E-state index contributed by atoms with van der Waals surface area (Å²) in [5.41, 5.74) is 6.23. The molecule has 0 aromatic carbocycles. The first kappa shape index (κ1) is 16.5. The van der Waals surface area contributed by atoms with Gasteiger partial charge in [-0.05, 0) is 46.2 Å². The van der Waals surface area contributed by atoms with Gasteiger partial charge in [-0.15, -0.1) is 0 Å². The number of nitrogens with two attached hydrogens (primary N) is 1. The molecule has 6 nitrogen and oxygen atoms in total. The molecule has 0 amide bonds. The quantitative estimate of drug-likeness (QED) is 0.845. The van der Waals surface area contributed by atoms with Gasteiger partial charge in [0.25, 0.3) is 0 Å². The van der Waals surface area contributed by atoms with Crippen molar-refractivity contribution >= 4 is 10.0 Å². The highest BCUT2D eigenvalue weighted by molar-refractivity contribution is 7.89. The van der Waals surface area contributed by atoms with Crippen LogP contribution >= 0.6 is 0 Å². The summed E-state index contributed by atoms with van der Waals surface area (Å²) in [4.78, 5) is 2.45. The normalized spacial score (nSPS) is 20.9. The molecule has 0 bridgehead atoms. The molecule has 1 saturated heterocycles. The van der Waals surface area contributed by atoms with Gasteiger partial charge >= 0.3 is 0 Å². The van der Waals surface area contributed by atoms with Crippen molar-refractivity contribution in [2.24, 2.45) is 11.7 Å². The molecule has 1 aliphatic rings. The Labute approximate surface area is 126 Å². The topological polar surface area (TPSA) is 88.6 Å². The third-order valence-corrected chi connectivity index (χ3v) is 5.70. The van der Waals surface area contributed by atoms with E-state index in [1.54, 1.807) is 13.8 Å². The molecule has 120 valence electrons. The molecule has 21 heavy (non-hydrogen) atoms. The van der Waals surface area contributed by atoms with Crippen LogP contribution in [0.4, 0.5) is 0 Å². The van der Waals surface area contributed by atoms with Gasteiger partial charge in [0.05, 0.1) is 0 Å². The van der Waals surface area contributed by atoms with Crippen LogP contribution < -0.4 is 10.5 Å². The van der Waals surface area contributed by atoms with Gasteiger partial charge in [-0.1, -0.05) is 0 Å². The van der Waals surface area contributed by atoms with E-state index in [1.165, 1.54) is 0 Å². The maximum Gasteiger partial charge on any atom is 0.244 e. The molecule has 3 N–H and O–H groups in total. The molecule has 0 radical (unpaired) electrons. The molecule has 1 unspecified atom stereocenters. The first-order valence-corrected chi connectivity index (χ1v) is 8.80. The second-order valence-corrected chi connectivity index (χ2v) is 7.55. The fraction of sp³-hybridized carbons (Fsp3) is 0.714. The van der Waals surface area contributed by atoms with Gasteiger partial charge in [-0.2, -0.15) is 0 Å². The smallest absolute Gasteiger partial charge is 0.244 e. The summed E-state index contributed by atoms with van der Waals surface area (Å²) < 4.78 is 33.2. The molecule has 7 heteroatoms. The van der Waals surface area contributed by atoms with Gasteiger partial charge < -0.3 is 15.1 Å². The van der Waals surface area contributed by atoms with Crippen molar-refractivity contribution in [1.82, 2.24) is 9.62 Å². The highest BCUT2D eigenvalue weighted by Crippen LogP contribution is 2.26. The fourth-order valence-electron chi connectivity index (χ4n) is 3.04. The Bertz CT molecular complexity index is 595. The number of rotatable bonds is 5. The zero-order valence-electron chi connectivity index (χ0n) is 13.0. The summed E-state index contributed by atoms with van der Waals surface area (Å²) >= 11 is 0. The van der Waals surface area contributed by atoms with Gasteiger partial charge in [-0.3, -0.25) is 0 Å². The van der Waals surface area contributed by atoms with Crippen molar-refractivity contribution in [3.8, 4) is 0 Å². The highest BCUT2D eigenvalue weighted by atomic mass is 32.2. The molecule has 2 heterocycles. The van der Waals surface area contributed by atoms with Crippen molar-refractivity contribution in [2.75, 3.05) is 26.7 Å². The SMILES string of the molecule is Cc1oc(C)c(S(=O)(=O)NCC2CCCN(C)C2)c1CN. The van der Waals surface area contributed by atoms with Crippen molar-refractivity contribution in [3.63, 3.8) is 0 Å². The number of nitrogens with zero attached hydrogens (tertiary/aromatic N) is 1. The minimum Gasteiger partial charge on any atom is -0.465 e. The fourth-order valence-corrected chi connectivity index (χ4v) is 4.61. The lowest BCUT2D eigenvalue weighted by Gasteiger charge is -2.29. The van der Waals surface area contributed by atoms with Crippen LogP contribution in [0.5, 0.6) is 0 Å². The molecular weight excluding hydrogens is 290 g/mol. The molecule has 0 spiro atoms. The Morgan fingerprint density at radius 3 is 2.71 bits per heavy atom. The van der Waals surface area contributed by atoms with Crippen LogP contribution in [-0.2, 0) is 16.6 Å². The van der Waals surface area contributed by atoms with E-state index in [9.17, 15) is 8.42 Å². The first-order chi connectivity index (χ1) is 9.85. The summed E-state index contributed by atoms with van der Waals surface area (Å²) in [6.07, 6.45) is 2.17. The van der Waals surface area contributed by atoms with Crippen molar-refractivity contribution in [1.29, 1.82) is 0 Å². The number of sulfonamides is 1. The van der Waals surface area contributed by atoms with Crippen LogP contribution in [0.3, 0.4) is 0 Å². The Morgan fingerprint density at radius 1 is 1.38 bits per heavy atom. The minimum atomic E-state index is -3.57. The zero-order chi connectivity index (χ0) is 15.6. The van der Waals surface area contributed by atoms with E-state index in [-0.39, 0.29) is 11.4 Å². The van der Waals surface area contributed by atoms with Crippen LogP contribution in [-0.4, -0.2) is 40.0 Å². The molecule has 0 saturated carbocycles. The Kier molecular flexibility index (Phi) is 5.08. The molecule has 0 aliphatic carbocycles. The monoisotopic (exact) mass is 315 g/mol. The number of nitrogens with one attached hydrogen (secondary N) is 1. The lowest BCUT2D eigenvalue weighted by atomic mass is 9.99. The number of hydrogen-bond acceptors (Lipinski definition) is 5. The molecule has 1 aliphatic heterocycles. The van der Waals surface area contributed by atoms with Gasteiger partial charge in [0.15, 0.2) is 0 Å². The van der Waals surface area contributed by atoms with Crippen LogP contribution in [0.2, 0.25) is 0 Å². The Hall–Kier alpha value is -0.890. The summed E-state index contributed by atoms with van der Waals surface area (Å²) in [5.74, 6) is 1.34. The predicted molar refractivity (Wildman–Crippen MR) is 81.5 cm³/mol. The van der Waals surface area contributed by atoms with E-state index in [2.05, 4.69) is 16.7 Å². The van der Waals surface area contributed by atoms with Crippen LogP contribution in [0.15, 0.2) is 9.31 Å². The second-order valence-electron chi connectivity index (χ2n) is 5.85. The van der Waals surface area contributed by atoms with E-state index in [0.717, 1.165) is 25.9 Å². The average Bonchev–Trinajstić information content (AvgIpc) is 2.71. The van der Waals surface area contributed by atoms with Crippen LogP contribution in [0, 0.1) is 19.8 Å². The Balaban J connectivity index is 2.12. The lowest BCUT2D eigenvalue weighted by Crippen LogP contribution is -2.39. The van der Waals surface area contributed by atoms with Gasteiger partial charge in [0.1, 0.15) is 16.4 Å².